The Kier molecular flexibility index (Phi) is 40.6. The molecule has 44 nitrogen and oxygen atoms in total. The standard InChI is InChI=1S/CH4O44/c1-3-5-7-9-11-13-15-17-19-21-23-25-27-29-31-33-35-37-39-41-43-45-44-42-40-38-36-34-32-30-28-26-24-22-20-18-16-14-12-10-8-6-4-2/h2H,1H3. The summed E-state index contributed by atoms with van der Waals surface area (Å²) in [6.07, 6.45) is 0. The summed E-state index contributed by atoms with van der Waals surface area (Å²) in [6, 6.07) is 0. The van der Waals surface area contributed by atoms with Crippen LogP contribution in [-0.2, 0) is 216 Å². The minimum absolute atomic E-state index is 1.06. The van der Waals surface area contributed by atoms with Crippen molar-refractivity contribution in [2.75, 3.05) is 7.11 Å². The van der Waals surface area contributed by atoms with Gasteiger partial charge in [0.05, 0.1) is 7.11 Å². The highest BCUT2D eigenvalue weighted by atomic mass is 18.0. The molecule has 0 aliphatic heterocycles. The summed E-state index contributed by atoms with van der Waals surface area (Å²) in [7, 11) is 1.06. The molecule has 0 radical (unpaired) electrons. The molecule has 0 saturated carbocycles. The van der Waals surface area contributed by atoms with Gasteiger partial charge in [-0.2, -0.15) is 0 Å². The number of rotatable bonds is 42. The highest BCUT2D eigenvalue weighted by molar-refractivity contribution is 3.35. The van der Waals surface area contributed by atoms with Gasteiger partial charge in [0.25, 0.3) is 0 Å². The zero-order valence-corrected chi connectivity index (χ0v) is 19.0. The normalized spacial score (nSPS) is 11.6. The second-order valence-corrected chi connectivity index (χ2v) is 3.03. The van der Waals surface area contributed by atoms with Gasteiger partial charge >= 0.3 is 0 Å². The Morgan fingerprint density at radius 1 is 0.178 bits per heavy atom. The van der Waals surface area contributed by atoms with Gasteiger partial charge in [-0.15, -0.1) is 0 Å². The zero-order valence-electron chi connectivity index (χ0n) is 19.0. The summed E-state index contributed by atoms with van der Waals surface area (Å²) in [4.78, 5) is 3.87. The molecule has 0 aliphatic carbocycles. The van der Waals surface area contributed by atoms with Gasteiger partial charge in [0.15, 0.2) is 0 Å². The van der Waals surface area contributed by atoms with Crippen LogP contribution in [0.25, 0.3) is 0 Å². The van der Waals surface area contributed by atoms with Crippen molar-refractivity contribution in [2.45, 2.75) is 0 Å². The lowest BCUT2D eigenvalue weighted by molar-refractivity contribution is -0.909. The molecule has 0 fully saturated rings. The first kappa shape index (κ1) is 43.2. The van der Waals surface area contributed by atoms with E-state index in [2.05, 4.69) is 216 Å². The van der Waals surface area contributed by atoms with Gasteiger partial charge in [-0.1, -0.05) is 0 Å². The van der Waals surface area contributed by atoms with Crippen LogP contribution in [0, 0.1) is 0 Å². The molecule has 0 aromatic rings. The molecule has 0 rings (SSSR count). The molecule has 45 heavy (non-hydrogen) atoms. The monoisotopic (exact) mass is 720 g/mol. The Labute approximate surface area is 230 Å². The van der Waals surface area contributed by atoms with Crippen LogP contribution in [0.2, 0.25) is 0 Å². The van der Waals surface area contributed by atoms with Crippen LogP contribution < -0.4 is 0 Å². The molecule has 0 saturated heterocycles. The van der Waals surface area contributed by atoms with E-state index < -0.39 is 0 Å². The van der Waals surface area contributed by atoms with Gasteiger partial charge in [0.1, 0.15) is 0 Å². The first-order valence-electron chi connectivity index (χ1n) is 7.59. The minimum atomic E-state index is 1.06. The van der Waals surface area contributed by atoms with Crippen molar-refractivity contribution in [3.8, 4) is 0 Å². The van der Waals surface area contributed by atoms with Crippen LogP contribution in [0.3, 0.4) is 0 Å². The SMILES string of the molecule is COOOOOOOOOOOOOOOOOOOOOOOOOOOOOOOOOOOOOOOOOOOO. The Balaban J connectivity index is 3.03. The zero-order chi connectivity index (χ0) is 32.4. The first-order valence-corrected chi connectivity index (χ1v) is 7.59. The van der Waals surface area contributed by atoms with E-state index in [1.165, 1.54) is 0 Å². The van der Waals surface area contributed by atoms with Crippen molar-refractivity contribution in [3.05, 3.63) is 0 Å². The van der Waals surface area contributed by atoms with Gasteiger partial charge in [0, 0.05) is 131 Å². The molecule has 0 aromatic carbocycles. The quantitative estimate of drug-likeness (QED) is 0.0379. The maximum atomic E-state index is 7.56. The highest BCUT2D eigenvalue weighted by Gasteiger charge is 2.03. The fraction of sp³-hybridized carbons (Fsp3) is 1.00. The van der Waals surface area contributed by atoms with Crippen molar-refractivity contribution in [2.24, 2.45) is 0 Å². The third-order valence-corrected chi connectivity index (χ3v) is 1.21. The van der Waals surface area contributed by atoms with E-state index in [9.17, 15) is 0 Å². The average molecular weight is 720 g/mol. The Morgan fingerprint density at radius 3 is 0.400 bits per heavy atom. The van der Waals surface area contributed by atoms with Gasteiger partial charge in [-0.25, -0.2) is 10.1 Å². The molecule has 0 aromatic heterocycles. The van der Waals surface area contributed by atoms with Crippen LogP contribution in [0.5, 0.6) is 0 Å². The highest BCUT2D eigenvalue weighted by Crippen LogP contribution is 1.96. The third kappa shape index (κ3) is 42.2. The lowest BCUT2D eigenvalue weighted by Crippen LogP contribution is -2.06. The van der Waals surface area contributed by atoms with Crippen LogP contribution in [0.1, 0.15) is 0 Å². The van der Waals surface area contributed by atoms with Gasteiger partial charge in [-0.3, -0.25) is 0 Å². The van der Waals surface area contributed by atoms with E-state index in [0.717, 1.165) is 7.11 Å². The van der Waals surface area contributed by atoms with Crippen molar-refractivity contribution in [1.82, 2.24) is 0 Å². The van der Waals surface area contributed by atoms with E-state index in [0.29, 0.717) is 0 Å². The molecular weight excluding hydrogens is 716 g/mol. The first-order chi connectivity index (χ1) is 22.4. The Morgan fingerprint density at radius 2 is 0.289 bits per heavy atom. The third-order valence-electron chi connectivity index (χ3n) is 1.21. The van der Waals surface area contributed by atoms with E-state index in [1.807, 2.05) is 0 Å². The van der Waals surface area contributed by atoms with E-state index in [1.54, 1.807) is 0 Å². The van der Waals surface area contributed by atoms with E-state index in [4.69, 9.17) is 5.26 Å². The lowest BCUT2D eigenvalue weighted by atomic mass is 11.8. The van der Waals surface area contributed by atoms with Gasteiger partial charge < -0.3 is 0 Å². The van der Waals surface area contributed by atoms with Gasteiger partial charge in [0.2, 0.25) is 0 Å². The van der Waals surface area contributed by atoms with Crippen LogP contribution in [0.15, 0.2) is 0 Å². The molecule has 44 heteroatoms. The fourth-order valence-electron chi connectivity index (χ4n) is 0.482. The predicted octanol–water partition coefficient (Wildman–Crippen LogP) is -2.77. The molecule has 272 valence electrons. The summed E-state index contributed by atoms with van der Waals surface area (Å²) >= 11 is 0. The van der Waals surface area contributed by atoms with Crippen LogP contribution >= 0.6 is 0 Å². The molecule has 0 spiro atoms. The maximum absolute atomic E-state index is 7.56. The Hall–Kier alpha value is -1.76. The molecule has 0 amide bonds. The smallest absolute Gasteiger partial charge is 0.0745 e. The van der Waals surface area contributed by atoms with Gasteiger partial charge in [-0.05, 0) is 80.6 Å². The fourth-order valence-corrected chi connectivity index (χ4v) is 0.482. The molecular formula is CH4O44. The van der Waals surface area contributed by atoms with Crippen molar-refractivity contribution >= 4 is 0 Å². The predicted molar refractivity (Wildman–Crippen MR) is 55.2 cm³/mol. The summed E-state index contributed by atoms with van der Waals surface area (Å²) in [6.45, 7) is 0. The minimum Gasteiger partial charge on any atom is -0.219 e. The second kappa shape index (κ2) is 42.2. The summed E-state index contributed by atoms with van der Waals surface area (Å²) in [5.41, 5.74) is 0. The molecule has 0 bridgehead atoms. The van der Waals surface area contributed by atoms with E-state index in [-0.39, 0.29) is 0 Å². The van der Waals surface area contributed by atoms with Crippen LogP contribution in [-0.4, -0.2) is 12.4 Å². The average Bonchev–Trinajstić information content (AvgIpc) is 3.05. The topological polar surface area (TPSA) is 417 Å². The molecule has 0 aliphatic rings. The number of hydrogen-bond donors (Lipinski definition) is 1. The molecule has 1 N–H and O–H groups in total. The van der Waals surface area contributed by atoms with Crippen molar-refractivity contribution < 1.29 is 222 Å². The lowest BCUT2D eigenvalue weighted by Gasteiger charge is -1.99. The van der Waals surface area contributed by atoms with E-state index >= 15 is 0 Å². The summed E-state index contributed by atoms with van der Waals surface area (Å²) in [5, 5.41) is 154. The Bertz CT molecular complexity index is 432. The maximum Gasteiger partial charge on any atom is 0.0745 e. The van der Waals surface area contributed by atoms with Crippen molar-refractivity contribution in [1.29, 1.82) is 0 Å². The summed E-state index contributed by atoms with van der Waals surface area (Å²) < 4.78 is 0. The number of hydrogen-bond acceptors (Lipinski definition) is 44. The largest absolute Gasteiger partial charge is 0.219 e. The van der Waals surface area contributed by atoms with Crippen LogP contribution in [0.4, 0.5) is 0 Å². The molecule has 0 atom stereocenters. The second-order valence-electron chi connectivity index (χ2n) is 3.03. The summed E-state index contributed by atoms with van der Waals surface area (Å²) in [5.74, 6) is 0. The molecule has 0 unspecified atom stereocenters. The molecule has 0 heterocycles. The van der Waals surface area contributed by atoms with Crippen molar-refractivity contribution in [3.63, 3.8) is 0 Å².